The highest BCUT2D eigenvalue weighted by Gasteiger charge is 2.18. The van der Waals surface area contributed by atoms with Crippen LogP contribution in [0.5, 0.6) is 0 Å². The van der Waals surface area contributed by atoms with Gasteiger partial charge in [0, 0.05) is 19.1 Å². The maximum absolute atomic E-state index is 14.0. The van der Waals surface area contributed by atoms with Crippen LogP contribution in [0.25, 0.3) is 0 Å². The van der Waals surface area contributed by atoms with Crippen molar-refractivity contribution in [2.24, 2.45) is 0 Å². The number of ether oxygens (including phenoxy) is 1. The lowest BCUT2D eigenvalue weighted by Crippen LogP contribution is -2.35. The van der Waals surface area contributed by atoms with Crippen LogP contribution in [-0.4, -0.2) is 44.3 Å². The molecule has 4 heteroatoms. The SMILES string of the molecule is CNC1C=CC=C(N2CCOCC2)C(F)=C1. The largest absolute Gasteiger partial charge is 0.378 e. The molecule has 16 heavy (non-hydrogen) atoms. The summed E-state index contributed by atoms with van der Waals surface area (Å²) in [5.41, 5.74) is 0.664. The highest BCUT2D eigenvalue weighted by atomic mass is 19.1. The van der Waals surface area contributed by atoms with Crippen molar-refractivity contribution in [3.63, 3.8) is 0 Å². The van der Waals surface area contributed by atoms with Crippen LogP contribution in [0.4, 0.5) is 4.39 Å². The van der Waals surface area contributed by atoms with E-state index in [2.05, 4.69) is 5.32 Å². The summed E-state index contributed by atoms with van der Waals surface area (Å²) in [6, 6.07) is -0.0326. The third kappa shape index (κ3) is 2.51. The maximum atomic E-state index is 14.0. The second-order valence-corrected chi connectivity index (χ2v) is 3.87. The second kappa shape index (κ2) is 5.27. The minimum absolute atomic E-state index is 0.0326. The molecule has 88 valence electrons. The predicted octanol–water partition coefficient (Wildman–Crippen LogP) is 1.21. The standard InChI is InChI=1S/C12H17FN2O/c1-14-10-3-2-4-12(11(13)9-10)15-5-7-16-8-6-15/h2-4,9-10,14H,5-8H2,1H3. The van der Waals surface area contributed by atoms with Gasteiger partial charge in [0.05, 0.1) is 18.9 Å². The van der Waals surface area contributed by atoms with Crippen LogP contribution in [-0.2, 0) is 4.74 Å². The first-order valence-electron chi connectivity index (χ1n) is 5.57. The molecule has 0 radical (unpaired) electrons. The molecule has 0 spiro atoms. The molecule has 1 fully saturated rings. The van der Waals surface area contributed by atoms with Gasteiger partial charge in [-0.05, 0) is 19.2 Å². The van der Waals surface area contributed by atoms with E-state index in [-0.39, 0.29) is 11.9 Å². The molecular weight excluding hydrogens is 207 g/mol. The summed E-state index contributed by atoms with van der Waals surface area (Å²) in [4.78, 5) is 2.03. The Morgan fingerprint density at radius 1 is 1.44 bits per heavy atom. The number of allylic oxidation sites excluding steroid dienone is 3. The lowest BCUT2D eigenvalue weighted by molar-refractivity contribution is 0.0535. The van der Waals surface area contributed by atoms with Crippen molar-refractivity contribution in [2.75, 3.05) is 33.4 Å². The minimum atomic E-state index is -0.161. The zero-order valence-corrected chi connectivity index (χ0v) is 9.45. The fourth-order valence-corrected chi connectivity index (χ4v) is 1.88. The van der Waals surface area contributed by atoms with Gasteiger partial charge in [-0.1, -0.05) is 12.2 Å². The monoisotopic (exact) mass is 224 g/mol. The first-order chi connectivity index (χ1) is 7.81. The van der Waals surface area contributed by atoms with Gasteiger partial charge in [-0.3, -0.25) is 0 Å². The van der Waals surface area contributed by atoms with Gasteiger partial charge in [0.25, 0.3) is 0 Å². The zero-order valence-electron chi connectivity index (χ0n) is 9.45. The molecular formula is C12H17FN2O. The van der Waals surface area contributed by atoms with Crippen LogP contribution in [0.2, 0.25) is 0 Å². The predicted molar refractivity (Wildman–Crippen MR) is 61.7 cm³/mol. The molecule has 1 heterocycles. The number of rotatable bonds is 2. The van der Waals surface area contributed by atoms with Crippen LogP contribution < -0.4 is 5.32 Å². The summed E-state index contributed by atoms with van der Waals surface area (Å²) in [7, 11) is 1.82. The summed E-state index contributed by atoms with van der Waals surface area (Å²) in [5.74, 6) is -0.161. The maximum Gasteiger partial charge on any atom is 0.144 e. The van der Waals surface area contributed by atoms with Gasteiger partial charge in [-0.15, -0.1) is 0 Å². The van der Waals surface area contributed by atoms with Crippen LogP contribution in [0, 0.1) is 0 Å². The second-order valence-electron chi connectivity index (χ2n) is 3.87. The number of halogens is 1. The number of morpholine rings is 1. The normalized spacial score (nSPS) is 26.1. The van der Waals surface area contributed by atoms with E-state index < -0.39 is 0 Å². The third-order valence-electron chi connectivity index (χ3n) is 2.83. The van der Waals surface area contributed by atoms with Gasteiger partial charge in [0.15, 0.2) is 0 Å². The van der Waals surface area contributed by atoms with Gasteiger partial charge in [0.2, 0.25) is 0 Å². The first kappa shape index (κ1) is 11.4. The zero-order chi connectivity index (χ0) is 11.4. The Balaban J connectivity index is 2.14. The molecule has 0 aromatic carbocycles. The average Bonchev–Trinajstić information content (AvgIpc) is 2.52. The van der Waals surface area contributed by atoms with E-state index >= 15 is 0 Å². The molecule has 0 saturated carbocycles. The molecule has 1 aliphatic heterocycles. The first-order valence-corrected chi connectivity index (χ1v) is 5.57. The average molecular weight is 224 g/mol. The Hall–Kier alpha value is -1.13. The number of hydrogen-bond donors (Lipinski definition) is 1. The Morgan fingerprint density at radius 2 is 2.19 bits per heavy atom. The molecule has 2 aliphatic rings. The number of nitrogens with one attached hydrogen (secondary N) is 1. The number of likely N-dealkylation sites (N-methyl/N-ethyl adjacent to an activating group) is 1. The molecule has 2 rings (SSSR count). The Labute approximate surface area is 95.3 Å². The van der Waals surface area contributed by atoms with Crippen molar-refractivity contribution >= 4 is 0 Å². The van der Waals surface area contributed by atoms with Gasteiger partial charge in [-0.25, -0.2) is 4.39 Å². The van der Waals surface area contributed by atoms with Crippen LogP contribution >= 0.6 is 0 Å². The van der Waals surface area contributed by atoms with Crippen LogP contribution in [0.1, 0.15) is 0 Å². The number of nitrogens with zero attached hydrogens (tertiary/aromatic N) is 1. The molecule has 1 N–H and O–H groups in total. The summed E-state index contributed by atoms with van der Waals surface area (Å²) < 4.78 is 19.2. The molecule has 1 unspecified atom stereocenters. The molecule has 1 aliphatic carbocycles. The highest BCUT2D eigenvalue weighted by molar-refractivity contribution is 5.34. The van der Waals surface area contributed by atoms with Crippen molar-refractivity contribution < 1.29 is 9.13 Å². The lowest BCUT2D eigenvalue weighted by Gasteiger charge is -2.30. The number of hydrogen-bond acceptors (Lipinski definition) is 3. The van der Waals surface area contributed by atoms with Gasteiger partial charge >= 0.3 is 0 Å². The van der Waals surface area contributed by atoms with E-state index in [9.17, 15) is 4.39 Å². The summed E-state index contributed by atoms with van der Waals surface area (Å²) >= 11 is 0. The molecule has 0 aromatic rings. The fourth-order valence-electron chi connectivity index (χ4n) is 1.88. The minimum Gasteiger partial charge on any atom is -0.378 e. The van der Waals surface area contributed by atoms with Crippen LogP contribution in [0.15, 0.2) is 35.8 Å². The molecule has 0 aromatic heterocycles. The lowest BCUT2D eigenvalue weighted by atomic mass is 10.2. The highest BCUT2D eigenvalue weighted by Crippen LogP contribution is 2.21. The van der Waals surface area contributed by atoms with E-state index in [0.29, 0.717) is 18.9 Å². The Morgan fingerprint density at radius 3 is 2.88 bits per heavy atom. The van der Waals surface area contributed by atoms with E-state index in [1.54, 1.807) is 6.08 Å². The Bertz CT molecular complexity index is 330. The van der Waals surface area contributed by atoms with Crippen molar-refractivity contribution in [1.82, 2.24) is 10.2 Å². The van der Waals surface area contributed by atoms with Crippen molar-refractivity contribution in [3.8, 4) is 0 Å². The van der Waals surface area contributed by atoms with Crippen molar-refractivity contribution in [3.05, 3.63) is 35.8 Å². The quantitative estimate of drug-likeness (QED) is 0.763. The molecule has 0 bridgehead atoms. The van der Waals surface area contributed by atoms with Crippen LogP contribution in [0.3, 0.4) is 0 Å². The molecule has 0 amide bonds. The van der Waals surface area contributed by atoms with Gasteiger partial charge < -0.3 is 15.0 Å². The molecule has 1 saturated heterocycles. The third-order valence-corrected chi connectivity index (χ3v) is 2.83. The summed E-state index contributed by atoms with van der Waals surface area (Å²) in [5, 5.41) is 3.02. The smallest absolute Gasteiger partial charge is 0.144 e. The molecule has 1 atom stereocenters. The Kier molecular flexibility index (Phi) is 3.74. The molecule has 3 nitrogen and oxygen atoms in total. The van der Waals surface area contributed by atoms with Crippen molar-refractivity contribution in [2.45, 2.75) is 6.04 Å². The van der Waals surface area contributed by atoms with E-state index in [1.807, 2.05) is 30.2 Å². The fraction of sp³-hybridized carbons (Fsp3) is 0.500. The van der Waals surface area contributed by atoms with E-state index in [4.69, 9.17) is 4.74 Å². The van der Waals surface area contributed by atoms with E-state index in [1.165, 1.54) is 0 Å². The summed E-state index contributed by atoms with van der Waals surface area (Å²) in [6.07, 6.45) is 7.27. The van der Waals surface area contributed by atoms with E-state index in [0.717, 1.165) is 13.1 Å². The topological polar surface area (TPSA) is 24.5 Å². The van der Waals surface area contributed by atoms with Crippen molar-refractivity contribution in [1.29, 1.82) is 0 Å². The van der Waals surface area contributed by atoms with Gasteiger partial charge in [0.1, 0.15) is 5.83 Å². The van der Waals surface area contributed by atoms with Gasteiger partial charge in [-0.2, -0.15) is 0 Å². The summed E-state index contributed by atoms with van der Waals surface area (Å²) in [6.45, 7) is 2.85.